The third kappa shape index (κ3) is 5.47. The van der Waals surface area contributed by atoms with Crippen LogP contribution in [-0.2, 0) is 9.53 Å². The number of esters is 1. The van der Waals surface area contributed by atoms with Crippen molar-refractivity contribution in [1.29, 1.82) is 0 Å². The molecule has 0 aliphatic carbocycles. The van der Waals surface area contributed by atoms with Gasteiger partial charge >= 0.3 is 5.97 Å². The summed E-state index contributed by atoms with van der Waals surface area (Å²) in [7, 11) is 0. The molecule has 0 bridgehead atoms. The second-order valence-corrected chi connectivity index (χ2v) is 4.04. The Morgan fingerprint density at radius 1 is 1.31 bits per heavy atom. The Kier molecular flexibility index (Phi) is 8.21. The van der Waals surface area contributed by atoms with E-state index >= 15 is 0 Å². The molecule has 1 N–H and O–H groups in total. The molecular weight excluding hydrogens is 204 g/mol. The van der Waals surface area contributed by atoms with E-state index in [4.69, 9.17) is 4.74 Å². The van der Waals surface area contributed by atoms with Gasteiger partial charge in [-0.1, -0.05) is 13.8 Å². The Morgan fingerprint density at radius 2 is 1.94 bits per heavy atom. The molecule has 1 atom stereocenters. The minimum atomic E-state index is -0.215. The van der Waals surface area contributed by atoms with Crippen molar-refractivity contribution in [3.63, 3.8) is 0 Å². The van der Waals surface area contributed by atoms with E-state index in [1.54, 1.807) is 0 Å². The van der Waals surface area contributed by atoms with E-state index in [2.05, 4.69) is 31.0 Å². The third-order valence-corrected chi connectivity index (χ3v) is 2.58. The van der Waals surface area contributed by atoms with Gasteiger partial charge in [0.25, 0.3) is 0 Å². The summed E-state index contributed by atoms with van der Waals surface area (Å²) in [4.78, 5) is 14.0. The van der Waals surface area contributed by atoms with Crippen LogP contribution < -0.4 is 5.32 Å². The van der Waals surface area contributed by atoms with Gasteiger partial charge in [0.15, 0.2) is 0 Å². The summed E-state index contributed by atoms with van der Waals surface area (Å²) in [6.45, 7) is 13.1. The van der Waals surface area contributed by atoms with Crippen LogP contribution in [0.5, 0.6) is 0 Å². The standard InChI is InChI=1S/C12H26N2O2/c1-6-13-11(12(15)16-8-3)9-14(7-2)10(4)5/h10-11,13H,6-9H2,1-5H3. The lowest BCUT2D eigenvalue weighted by atomic mass is 10.2. The number of carbonyl (C=O) groups is 1. The topological polar surface area (TPSA) is 41.6 Å². The molecule has 0 fully saturated rings. The summed E-state index contributed by atoms with van der Waals surface area (Å²) in [6.07, 6.45) is 0. The molecule has 0 rings (SSSR count). The quantitative estimate of drug-likeness (QED) is 0.637. The molecule has 0 saturated heterocycles. The molecule has 0 saturated carbocycles. The lowest BCUT2D eigenvalue weighted by Gasteiger charge is -2.28. The summed E-state index contributed by atoms with van der Waals surface area (Å²) < 4.78 is 5.05. The average molecular weight is 230 g/mol. The number of nitrogens with one attached hydrogen (secondary N) is 1. The lowest BCUT2D eigenvalue weighted by molar-refractivity contribution is -0.146. The van der Waals surface area contributed by atoms with Crippen LogP contribution in [0, 0.1) is 0 Å². The SMILES string of the molecule is CCNC(CN(CC)C(C)C)C(=O)OCC. The molecule has 96 valence electrons. The highest BCUT2D eigenvalue weighted by molar-refractivity contribution is 5.76. The Morgan fingerprint density at radius 3 is 2.31 bits per heavy atom. The Bertz CT molecular complexity index is 195. The van der Waals surface area contributed by atoms with E-state index in [-0.39, 0.29) is 12.0 Å². The zero-order valence-electron chi connectivity index (χ0n) is 11.2. The van der Waals surface area contributed by atoms with Crippen molar-refractivity contribution in [3.05, 3.63) is 0 Å². The number of hydrogen-bond donors (Lipinski definition) is 1. The minimum Gasteiger partial charge on any atom is -0.465 e. The van der Waals surface area contributed by atoms with E-state index in [0.717, 1.165) is 13.1 Å². The van der Waals surface area contributed by atoms with E-state index in [1.165, 1.54) is 0 Å². The summed E-state index contributed by atoms with van der Waals surface area (Å²) in [5.41, 5.74) is 0. The maximum absolute atomic E-state index is 11.7. The molecule has 0 amide bonds. The Labute approximate surface area is 99.3 Å². The molecule has 0 aliphatic rings. The van der Waals surface area contributed by atoms with E-state index in [0.29, 0.717) is 19.2 Å². The van der Waals surface area contributed by atoms with Gasteiger partial charge in [-0.2, -0.15) is 0 Å². The molecule has 0 spiro atoms. The highest BCUT2D eigenvalue weighted by Gasteiger charge is 2.22. The van der Waals surface area contributed by atoms with Crippen LogP contribution in [0.15, 0.2) is 0 Å². The average Bonchev–Trinajstić information content (AvgIpc) is 2.23. The molecule has 16 heavy (non-hydrogen) atoms. The summed E-state index contributed by atoms with van der Waals surface area (Å²) in [5.74, 6) is -0.150. The number of ether oxygens (including phenoxy) is 1. The predicted molar refractivity (Wildman–Crippen MR) is 66.5 cm³/mol. The second-order valence-electron chi connectivity index (χ2n) is 4.04. The van der Waals surface area contributed by atoms with E-state index in [9.17, 15) is 4.79 Å². The minimum absolute atomic E-state index is 0.150. The van der Waals surface area contributed by atoms with Gasteiger partial charge in [0.05, 0.1) is 6.61 Å². The zero-order valence-corrected chi connectivity index (χ0v) is 11.2. The molecule has 0 heterocycles. The van der Waals surface area contributed by atoms with Crippen LogP contribution in [-0.4, -0.2) is 49.2 Å². The van der Waals surface area contributed by atoms with E-state index < -0.39 is 0 Å². The largest absolute Gasteiger partial charge is 0.465 e. The van der Waals surface area contributed by atoms with Crippen LogP contribution in [0.1, 0.15) is 34.6 Å². The Balaban J connectivity index is 4.35. The first-order valence-corrected chi connectivity index (χ1v) is 6.20. The van der Waals surface area contributed by atoms with Gasteiger partial charge in [-0.05, 0) is 33.9 Å². The number of carbonyl (C=O) groups excluding carboxylic acids is 1. The number of likely N-dealkylation sites (N-methyl/N-ethyl adjacent to an activating group) is 2. The van der Waals surface area contributed by atoms with Crippen LogP contribution in [0.25, 0.3) is 0 Å². The molecule has 0 aromatic heterocycles. The maximum Gasteiger partial charge on any atom is 0.324 e. The fourth-order valence-electron chi connectivity index (χ4n) is 1.65. The van der Waals surface area contributed by atoms with Crippen LogP contribution in [0.2, 0.25) is 0 Å². The van der Waals surface area contributed by atoms with Crippen molar-refractivity contribution in [3.8, 4) is 0 Å². The first kappa shape index (κ1) is 15.4. The first-order valence-electron chi connectivity index (χ1n) is 6.20. The first-order chi connectivity index (χ1) is 7.56. The fraction of sp³-hybridized carbons (Fsp3) is 0.917. The fourth-order valence-corrected chi connectivity index (χ4v) is 1.65. The molecule has 0 radical (unpaired) electrons. The van der Waals surface area contributed by atoms with E-state index in [1.807, 2.05) is 13.8 Å². The van der Waals surface area contributed by atoms with Crippen molar-refractivity contribution < 1.29 is 9.53 Å². The van der Waals surface area contributed by atoms with Crippen molar-refractivity contribution in [2.24, 2.45) is 0 Å². The number of nitrogens with zero attached hydrogens (tertiary/aromatic N) is 1. The zero-order chi connectivity index (χ0) is 12.6. The lowest BCUT2D eigenvalue weighted by Crippen LogP contribution is -2.48. The maximum atomic E-state index is 11.7. The second kappa shape index (κ2) is 8.53. The number of rotatable bonds is 8. The van der Waals surface area contributed by atoms with Crippen molar-refractivity contribution >= 4 is 5.97 Å². The van der Waals surface area contributed by atoms with Crippen molar-refractivity contribution in [1.82, 2.24) is 10.2 Å². The molecule has 4 nitrogen and oxygen atoms in total. The highest BCUT2D eigenvalue weighted by atomic mass is 16.5. The molecule has 0 aromatic carbocycles. The van der Waals surface area contributed by atoms with Gasteiger partial charge < -0.3 is 10.1 Å². The van der Waals surface area contributed by atoms with Gasteiger partial charge in [-0.25, -0.2) is 0 Å². The smallest absolute Gasteiger partial charge is 0.324 e. The van der Waals surface area contributed by atoms with Gasteiger partial charge in [0.1, 0.15) is 6.04 Å². The van der Waals surface area contributed by atoms with Gasteiger partial charge in [0.2, 0.25) is 0 Å². The summed E-state index contributed by atoms with van der Waals surface area (Å²) in [5, 5.41) is 3.17. The number of hydrogen-bond acceptors (Lipinski definition) is 4. The molecule has 0 aliphatic heterocycles. The van der Waals surface area contributed by atoms with Gasteiger partial charge in [0, 0.05) is 12.6 Å². The van der Waals surface area contributed by atoms with Crippen LogP contribution in [0.3, 0.4) is 0 Å². The van der Waals surface area contributed by atoms with Crippen molar-refractivity contribution in [2.45, 2.75) is 46.7 Å². The van der Waals surface area contributed by atoms with Gasteiger partial charge in [-0.15, -0.1) is 0 Å². The molecule has 1 unspecified atom stereocenters. The van der Waals surface area contributed by atoms with Crippen LogP contribution >= 0.6 is 0 Å². The molecule has 0 aromatic rings. The monoisotopic (exact) mass is 230 g/mol. The highest BCUT2D eigenvalue weighted by Crippen LogP contribution is 2.01. The van der Waals surface area contributed by atoms with Crippen LogP contribution in [0.4, 0.5) is 0 Å². The normalized spacial score (nSPS) is 13.2. The van der Waals surface area contributed by atoms with Crippen molar-refractivity contribution in [2.75, 3.05) is 26.2 Å². The summed E-state index contributed by atoms with van der Waals surface area (Å²) >= 11 is 0. The molecule has 4 heteroatoms. The predicted octanol–water partition coefficient (Wildman–Crippen LogP) is 1.26. The van der Waals surface area contributed by atoms with Gasteiger partial charge in [-0.3, -0.25) is 9.69 Å². The Hall–Kier alpha value is -0.610. The summed E-state index contributed by atoms with van der Waals surface area (Å²) in [6, 6.07) is 0.230. The third-order valence-electron chi connectivity index (χ3n) is 2.58. The molecular formula is C12H26N2O2.